The van der Waals surface area contributed by atoms with Crippen LogP contribution < -0.4 is 10.9 Å². The number of carbonyl (C=O) groups is 1. The SMILES string of the molecule is O=C(Cn1c(=O)cnc2ccccc21)NCCc1cnn(-c2ccccc2)c1. The second kappa shape index (κ2) is 7.87. The number of hydrogen-bond acceptors (Lipinski definition) is 4. The quantitative estimate of drug-likeness (QED) is 0.560. The molecule has 7 nitrogen and oxygen atoms in total. The number of rotatable bonds is 6. The van der Waals surface area contributed by atoms with Gasteiger partial charge in [-0.3, -0.25) is 14.2 Å². The molecule has 1 N–H and O–H groups in total. The number of aromatic nitrogens is 4. The number of para-hydroxylation sites is 3. The highest BCUT2D eigenvalue weighted by atomic mass is 16.2. The van der Waals surface area contributed by atoms with Gasteiger partial charge in [0.1, 0.15) is 6.54 Å². The second-order valence-corrected chi connectivity index (χ2v) is 6.40. The van der Waals surface area contributed by atoms with Gasteiger partial charge in [-0.2, -0.15) is 5.10 Å². The minimum atomic E-state index is -0.294. The summed E-state index contributed by atoms with van der Waals surface area (Å²) in [5.74, 6) is -0.214. The smallest absolute Gasteiger partial charge is 0.269 e. The summed E-state index contributed by atoms with van der Waals surface area (Å²) in [5, 5.41) is 7.21. The second-order valence-electron chi connectivity index (χ2n) is 6.40. The summed E-state index contributed by atoms with van der Waals surface area (Å²) in [7, 11) is 0. The molecule has 2 heterocycles. The molecule has 0 saturated heterocycles. The van der Waals surface area contributed by atoms with E-state index < -0.39 is 0 Å². The van der Waals surface area contributed by atoms with Crippen molar-refractivity contribution in [1.82, 2.24) is 24.6 Å². The molecule has 0 radical (unpaired) electrons. The van der Waals surface area contributed by atoms with Crippen molar-refractivity contribution in [3.8, 4) is 5.69 Å². The Kier molecular flexibility index (Phi) is 4.97. The molecule has 7 heteroatoms. The highest BCUT2D eigenvalue weighted by Crippen LogP contribution is 2.09. The van der Waals surface area contributed by atoms with Crippen LogP contribution in [-0.4, -0.2) is 31.8 Å². The Bertz CT molecular complexity index is 1160. The summed E-state index contributed by atoms with van der Waals surface area (Å²) in [6.07, 6.45) is 5.64. The average molecular weight is 373 g/mol. The van der Waals surface area contributed by atoms with Gasteiger partial charge in [0, 0.05) is 12.7 Å². The molecule has 0 aliphatic rings. The Hall–Kier alpha value is -3.74. The van der Waals surface area contributed by atoms with E-state index in [-0.39, 0.29) is 18.0 Å². The van der Waals surface area contributed by atoms with Gasteiger partial charge in [0.15, 0.2) is 0 Å². The lowest BCUT2D eigenvalue weighted by Crippen LogP contribution is -2.33. The standard InChI is InChI=1S/C21H19N5O2/c27-20(15-25-19-9-5-4-8-18(19)23-13-21(25)28)22-11-10-16-12-24-26(14-16)17-6-2-1-3-7-17/h1-9,12-14H,10-11,15H2,(H,22,27). The number of fused-ring (bicyclic) bond motifs is 1. The van der Waals surface area contributed by atoms with Gasteiger partial charge < -0.3 is 5.32 Å². The van der Waals surface area contributed by atoms with Gasteiger partial charge in [-0.05, 0) is 36.2 Å². The van der Waals surface area contributed by atoms with Crippen LogP contribution in [0.4, 0.5) is 0 Å². The summed E-state index contributed by atoms with van der Waals surface area (Å²) in [6, 6.07) is 17.1. The minimum Gasteiger partial charge on any atom is -0.354 e. The Morgan fingerprint density at radius 3 is 2.64 bits per heavy atom. The van der Waals surface area contributed by atoms with E-state index in [1.807, 2.05) is 54.7 Å². The molecule has 4 aromatic rings. The molecule has 0 bridgehead atoms. The first kappa shape index (κ1) is 17.7. The minimum absolute atomic E-state index is 0.0366. The summed E-state index contributed by atoms with van der Waals surface area (Å²) < 4.78 is 3.24. The van der Waals surface area contributed by atoms with Crippen LogP contribution >= 0.6 is 0 Å². The molecule has 28 heavy (non-hydrogen) atoms. The highest BCUT2D eigenvalue weighted by Gasteiger charge is 2.09. The maximum absolute atomic E-state index is 12.3. The van der Waals surface area contributed by atoms with Gasteiger partial charge in [-0.1, -0.05) is 30.3 Å². The first-order valence-electron chi connectivity index (χ1n) is 9.01. The Morgan fingerprint density at radius 2 is 1.79 bits per heavy atom. The number of nitrogens with zero attached hydrogens (tertiary/aromatic N) is 4. The van der Waals surface area contributed by atoms with Gasteiger partial charge in [-0.25, -0.2) is 9.67 Å². The molecule has 0 unspecified atom stereocenters. The zero-order chi connectivity index (χ0) is 19.3. The molecule has 4 rings (SSSR count). The van der Waals surface area contributed by atoms with Crippen LogP contribution in [0.25, 0.3) is 16.7 Å². The highest BCUT2D eigenvalue weighted by molar-refractivity contribution is 5.79. The predicted octanol–water partition coefficient (Wildman–Crippen LogP) is 1.94. The first-order chi connectivity index (χ1) is 13.7. The molecule has 2 aromatic heterocycles. The van der Waals surface area contributed by atoms with Crippen molar-refractivity contribution in [3.63, 3.8) is 0 Å². The monoisotopic (exact) mass is 373 g/mol. The first-order valence-corrected chi connectivity index (χ1v) is 9.01. The predicted molar refractivity (Wildman–Crippen MR) is 106 cm³/mol. The maximum Gasteiger partial charge on any atom is 0.269 e. The van der Waals surface area contributed by atoms with Crippen molar-refractivity contribution in [3.05, 3.63) is 89.1 Å². The van der Waals surface area contributed by atoms with Crippen molar-refractivity contribution in [2.45, 2.75) is 13.0 Å². The molecule has 0 aliphatic heterocycles. The van der Waals surface area contributed by atoms with Gasteiger partial charge in [0.2, 0.25) is 5.91 Å². The average Bonchev–Trinajstić information content (AvgIpc) is 3.20. The van der Waals surface area contributed by atoms with Crippen molar-refractivity contribution < 1.29 is 4.79 Å². The fourth-order valence-corrected chi connectivity index (χ4v) is 3.03. The Labute approximate surface area is 161 Å². The molecule has 140 valence electrons. The lowest BCUT2D eigenvalue weighted by Gasteiger charge is -2.09. The van der Waals surface area contributed by atoms with Gasteiger partial charge in [0.05, 0.1) is 29.1 Å². The van der Waals surface area contributed by atoms with Crippen LogP contribution in [-0.2, 0) is 17.8 Å². The molecule has 0 fully saturated rings. The van der Waals surface area contributed by atoms with Gasteiger partial charge >= 0.3 is 0 Å². The normalized spacial score (nSPS) is 10.9. The van der Waals surface area contributed by atoms with Crippen molar-refractivity contribution in [1.29, 1.82) is 0 Å². The Balaban J connectivity index is 1.37. The molecular weight excluding hydrogens is 354 g/mol. The molecule has 0 aliphatic carbocycles. The van der Waals surface area contributed by atoms with E-state index in [9.17, 15) is 9.59 Å². The number of nitrogens with one attached hydrogen (secondary N) is 1. The summed E-state index contributed by atoms with van der Waals surface area (Å²) in [4.78, 5) is 28.5. The van der Waals surface area contributed by atoms with Crippen LogP contribution in [0.5, 0.6) is 0 Å². The maximum atomic E-state index is 12.3. The van der Waals surface area contributed by atoms with Crippen LogP contribution in [0.2, 0.25) is 0 Å². The van der Waals surface area contributed by atoms with E-state index >= 15 is 0 Å². The zero-order valence-corrected chi connectivity index (χ0v) is 15.2. The van der Waals surface area contributed by atoms with E-state index in [0.29, 0.717) is 24.0 Å². The van der Waals surface area contributed by atoms with Gasteiger partial charge in [-0.15, -0.1) is 0 Å². The third kappa shape index (κ3) is 3.83. The molecule has 2 aromatic carbocycles. The number of hydrogen-bond donors (Lipinski definition) is 1. The van der Waals surface area contributed by atoms with E-state index in [2.05, 4.69) is 15.4 Å². The van der Waals surface area contributed by atoms with Crippen molar-refractivity contribution >= 4 is 16.9 Å². The van der Waals surface area contributed by atoms with Crippen LogP contribution in [0, 0.1) is 0 Å². The largest absolute Gasteiger partial charge is 0.354 e. The number of carbonyl (C=O) groups excluding carboxylic acids is 1. The van der Waals surface area contributed by atoms with Crippen molar-refractivity contribution in [2.24, 2.45) is 0 Å². The molecule has 0 saturated carbocycles. The third-order valence-electron chi connectivity index (χ3n) is 4.45. The fraction of sp³-hybridized carbons (Fsp3) is 0.143. The van der Waals surface area contributed by atoms with E-state index in [4.69, 9.17) is 0 Å². The number of benzene rings is 2. The lowest BCUT2D eigenvalue weighted by atomic mass is 10.2. The van der Waals surface area contributed by atoms with Crippen molar-refractivity contribution in [2.75, 3.05) is 6.54 Å². The van der Waals surface area contributed by atoms with E-state index in [1.165, 1.54) is 10.8 Å². The van der Waals surface area contributed by atoms with Crippen LogP contribution in [0.15, 0.2) is 78.0 Å². The lowest BCUT2D eigenvalue weighted by molar-refractivity contribution is -0.121. The number of amides is 1. The van der Waals surface area contributed by atoms with E-state index in [1.54, 1.807) is 16.9 Å². The van der Waals surface area contributed by atoms with Crippen LogP contribution in [0.3, 0.4) is 0 Å². The fourth-order valence-electron chi connectivity index (χ4n) is 3.03. The Morgan fingerprint density at radius 1 is 1.00 bits per heavy atom. The third-order valence-corrected chi connectivity index (χ3v) is 4.45. The topological polar surface area (TPSA) is 81.8 Å². The molecule has 0 atom stereocenters. The summed E-state index contributed by atoms with van der Waals surface area (Å²) in [5.41, 5.74) is 3.05. The molecular formula is C21H19N5O2. The zero-order valence-electron chi connectivity index (χ0n) is 15.2. The summed E-state index contributed by atoms with van der Waals surface area (Å²) >= 11 is 0. The summed E-state index contributed by atoms with van der Waals surface area (Å²) in [6.45, 7) is 0.433. The molecule has 1 amide bonds. The van der Waals surface area contributed by atoms with Gasteiger partial charge in [0.25, 0.3) is 5.56 Å². The van der Waals surface area contributed by atoms with E-state index in [0.717, 1.165) is 11.3 Å². The molecule has 0 spiro atoms. The van der Waals surface area contributed by atoms with Crippen LogP contribution in [0.1, 0.15) is 5.56 Å².